The number of hydrogen-bond acceptors (Lipinski definition) is 6. The van der Waals surface area contributed by atoms with E-state index in [1.54, 1.807) is 30.9 Å². The van der Waals surface area contributed by atoms with E-state index >= 15 is 0 Å². The van der Waals surface area contributed by atoms with Gasteiger partial charge in [-0.25, -0.2) is 0 Å². The number of amides is 1. The lowest BCUT2D eigenvalue weighted by Crippen LogP contribution is -2.20. The van der Waals surface area contributed by atoms with Gasteiger partial charge in [0, 0.05) is 26.0 Å². The molecule has 0 fully saturated rings. The Morgan fingerprint density at radius 1 is 1.39 bits per heavy atom. The molecule has 0 atom stereocenters. The van der Waals surface area contributed by atoms with Crippen LogP contribution in [0.25, 0.3) is 0 Å². The van der Waals surface area contributed by atoms with Crippen molar-refractivity contribution in [3.63, 3.8) is 0 Å². The molecule has 0 aliphatic heterocycles. The molecule has 0 saturated carbocycles. The average Bonchev–Trinajstić information content (AvgIpc) is 2.42. The number of nitrogens with one attached hydrogen (secondary N) is 2. The van der Waals surface area contributed by atoms with Crippen molar-refractivity contribution in [1.29, 1.82) is 0 Å². The summed E-state index contributed by atoms with van der Waals surface area (Å²) >= 11 is 1.77. The number of carbonyl (C=O) groups excluding carboxylic acids is 1. The molecule has 0 saturated heterocycles. The summed E-state index contributed by atoms with van der Waals surface area (Å²) in [6, 6.07) is 3.36. The van der Waals surface area contributed by atoms with Crippen LogP contribution in [0, 0.1) is 0 Å². The van der Waals surface area contributed by atoms with Gasteiger partial charge in [-0.15, -0.1) is 10.2 Å². The predicted molar refractivity (Wildman–Crippen MR) is 72.9 cm³/mol. The van der Waals surface area contributed by atoms with Gasteiger partial charge >= 0.3 is 0 Å². The fourth-order valence-corrected chi connectivity index (χ4v) is 1.98. The van der Waals surface area contributed by atoms with Gasteiger partial charge in [0.15, 0.2) is 5.69 Å². The van der Waals surface area contributed by atoms with Gasteiger partial charge in [0.1, 0.15) is 5.82 Å². The van der Waals surface area contributed by atoms with Crippen LogP contribution in [-0.4, -0.2) is 52.9 Å². The zero-order valence-electron chi connectivity index (χ0n) is 10.3. The number of thioether (sulfide) groups is 1. The van der Waals surface area contributed by atoms with E-state index in [1.165, 1.54) is 0 Å². The van der Waals surface area contributed by atoms with Crippen molar-refractivity contribution >= 4 is 23.5 Å². The van der Waals surface area contributed by atoms with Crippen molar-refractivity contribution in [1.82, 2.24) is 15.5 Å². The molecular formula is C11H18N4O2S. The Kier molecular flexibility index (Phi) is 7.12. The summed E-state index contributed by atoms with van der Waals surface area (Å²) in [5.74, 6) is 2.32. The van der Waals surface area contributed by atoms with Crippen LogP contribution >= 0.6 is 11.8 Å². The summed E-state index contributed by atoms with van der Waals surface area (Å²) in [6.07, 6.45) is 0.825. The van der Waals surface area contributed by atoms with Crippen molar-refractivity contribution in [3.05, 3.63) is 17.8 Å². The number of rotatable bonds is 8. The zero-order chi connectivity index (χ0) is 13.2. The van der Waals surface area contributed by atoms with Crippen molar-refractivity contribution in [2.45, 2.75) is 6.42 Å². The van der Waals surface area contributed by atoms with Crippen LogP contribution in [0.5, 0.6) is 0 Å². The minimum absolute atomic E-state index is 0.242. The van der Waals surface area contributed by atoms with Gasteiger partial charge in [0.05, 0.1) is 0 Å². The summed E-state index contributed by atoms with van der Waals surface area (Å²) in [6.45, 7) is 1.02. The normalized spacial score (nSPS) is 10.1. The second-order valence-electron chi connectivity index (χ2n) is 3.50. The van der Waals surface area contributed by atoms with Crippen LogP contribution in [0.4, 0.5) is 5.82 Å². The lowest BCUT2D eigenvalue weighted by Gasteiger charge is -2.05. The second-order valence-corrected chi connectivity index (χ2v) is 4.72. The van der Waals surface area contributed by atoms with Gasteiger partial charge in [0.25, 0.3) is 5.91 Å². The van der Waals surface area contributed by atoms with Crippen LogP contribution in [0.1, 0.15) is 16.9 Å². The van der Waals surface area contributed by atoms with Crippen LogP contribution in [-0.2, 0) is 0 Å². The van der Waals surface area contributed by atoms with Gasteiger partial charge in [-0.2, -0.15) is 11.8 Å². The number of carbonyl (C=O) groups is 1. The van der Waals surface area contributed by atoms with Crippen molar-refractivity contribution in [3.8, 4) is 0 Å². The largest absolute Gasteiger partial charge is 0.396 e. The number of hydrogen-bond donors (Lipinski definition) is 3. The average molecular weight is 270 g/mol. The maximum atomic E-state index is 11.2. The molecule has 0 bridgehead atoms. The Balaban J connectivity index is 2.25. The molecule has 1 heterocycles. The lowest BCUT2D eigenvalue weighted by atomic mass is 10.3. The van der Waals surface area contributed by atoms with Crippen molar-refractivity contribution in [2.24, 2.45) is 0 Å². The first kappa shape index (κ1) is 14.7. The molecule has 1 amide bonds. The summed E-state index contributed by atoms with van der Waals surface area (Å²) in [5, 5.41) is 21.9. The van der Waals surface area contributed by atoms with Gasteiger partial charge in [-0.3, -0.25) is 4.79 Å². The Hall–Kier alpha value is -1.34. The van der Waals surface area contributed by atoms with E-state index < -0.39 is 0 Å². The summed E-state index contributed by atoms with van der Waals surface area (Å²) in [5.41, 5.74) is 0.306. The van der Waals surface area contributed by atoms with Crippen LogP contribution in [0.3, 0.4) is 0 Å². The molecule has 0 aliphatic rings. The van der Waals surface area contributed by atoms with Gasteiger partial charge < -0.3 is 15.7 Å². The third-order valence-corrected chi connectivity index (χ3v) is 3.19. The Bertz CT molecular complexity index is 359. The molecule has 1 rings (SSSR count). The first-order valence-corrected chi connectivity index (χ1v) is 6.91. The van der Waals surface area contributed by atoms with Crippen molar-refractivity contribution in [2.75, 3.05) is 37.0 Å². The molecule has 0 unspecified atom stereocenters. The molecule has 0 spiro atoms. The monoisotopic (exact) mass is 270 g/mol. The van der Waals surface area contributed by atoms with E-state index in [9.17, 15) is 4.79 Å². The van der Waals surface area contributed by atoms with E-state index in [4.69, 9.17) is 5.11 Å². The van der Waals surface area contributed by atoms with Gasteiger partial charge in [0.2, 0.25) is 0 Å². The summed E-state index contributed by atoms with van der Waals surface area (Å²) in [7, 11) is 1.56. The standard InChI is InChI=1S/C11H18N4O2S/c1-12-11(17)9-3-4-10(15-14-9)13-5-8-18-7-2-6-16/h3-4,16H,2,5-8H2,1H3,(H,12,17)(H,13,15). The maximum absolute atomic E-state index is 11.2. The third-order valence-electron chi connectivity index (χ3n) is 2.12. The minimum atomic E-state index is -0.242. The molecular weight excluding hydrogens is 252 g/mol. The highest BCUT2D eigenvalue weighted by Gasteiger charge is 2.04. The highest BCUT2D eigenvalue weighted by atomic mass is 32.2. The Labute approximate surface area is 111 Å². The Morgan fingerprint density at radius 2 is 2.22 bits per heavy atom. The first-order chi connectivity index (χ1) is 8.77. The number of anilines is 1. The predicted octanol–water partition coefficient (Wildman–Crippen LogP) is 0.364. The first-order valence-electron chi connectivity index (χ1n) is 5.76. The van der Waals surface area contributed by atoms with E-state index in [-0.39, 0.29) is 12.5 Å². The summed E-state index contributed by atoms with van der Waals surface area (Å²) < 4.78 is 0. The Morgan fingerprint density at radius 3 is 2.83 bits per heavy atom. The number of aliphatic hydroxyl groups is 1. The molecule has 0 aliphatic carbocycles. The highest BCUT2D eigenvalue weighted by molar-refractivity contribution is 7.99. The molecule has 6 nitrogen and oxygen atoms in total. The molecule has 18 heavy (non-hydrogen) atoms. The van der Waals surface area contributed by atoms with Gasteiger partial charge in [-0.1, -0.05) is 0 Å². The van der Waals surface area contributed by atoms with Crippen LogP contribution in [0.2, 0.25) is 0 Å². The third kappa shape index (κ3) is 5.33. The zero-order valence-corrected chi connectivity index (χ0v) is 11.2. The fourth-order valence-electron chi connectivity index (χ4n) is 1.20. The number of aromatic nitrogens is 2. The quantitative estimate of drug-likeness (QED) is 0.591. The van der Waals surface area contributed by atoms with E-state index in [2.05, 4.69) is 20.8 Å². The highest BCUT2D eigenvalue weighted by Crippen LogP contribution is 2.04. The molecule has 0 aromatic carbocycles. The number of aliphatic hydroxyl groups excluding tert-OH is 1. The van der Waals surface area contributed by atoms with Crippen molar-refractivity contribution < 1.29 is 9.90 Å². The summed E-state index contributed by atoms with van der Waals surface area (Å²) in [4.78, 5) is 11.2. The van der Waals surface area contributed by atoms with Crippen LogP contribution < -0.4 is 10.6 Å². The van der Waals surface area contributed by atoms with Crippen LogP contribution in [0.15, 0.2) is 12.1 Å². The molecule has 3 N–H and O–H groups in total. The maximum Gasteiger partial charge on any atom is 0.271 e. The molecule has 7 heteroatoms. The topological polar surface area (TPSA) is 87.1 Å². The SMILES string of the molecule is CNC(=O)c1ccc(NCCSCCCO)nn1. The molecule has 1 aromatic heterocycles. The molecule has 1 aromatic rings. The smallest absolute Gasteiger partial charge is 0.271 e. The van der Waals surface area contributed by atoms with Gasteiger partial charge in [-0.05, 0) is 24.3 Å². The lowest BCUT2D eigenvalue weighted by molar-refractivity contribution is 0.0957. The number of nitrogens with zero attached hydrogens (tertiary/aromatic N) is 2. The van der Waals surface area contributed by atoms with E-state index in [0.29, 0.717) is 11.5 Å². The van der Waals surface area contributed by atoms with E-state index in [1.807, 2.05) is 0 Å². The molecule has 0 radical (unpaired) electrons. The van der Waals surface area contributed by atoms with E-state index in [0.717, 1.165) is 24.5 Å². The minimum Gasteiger partial charge on any atom is -0.396 e. The second kappa shape index (κ2) is 8.71. The molecule has 100 valence electrons. The fraction of sp³-hybridized carbons (Fsp3) is 0.545.